The standard InChI is InChI=1S/C34H24O/c1-21-9-3-5-11-23(21)25-17-19-31-33-27(25)13-7-15-29(33)30-16-8-14-28-26(18-20-32(35-31)34(28)30)24-12-6-4-10-22(24)2/h3-20H,1-2H3. The summed E-state index contributed by atoms with van der Waals surface area (Å²) < 4.78 is 6.69. The Bertz CT molecular complexity index is 1780. The third kappa shape index (κ3) is 2.95. The first-order valence-electron chi connectivity index (χ1n) is 12.1. The number of rotatable bonds is 2. The highest BCUT2D eigenvalue weighted by molar-refractivity contribution is 6.26. The van der Waals surface area contributed by atoms with Crippen LogP contribution in [0, 0.1) is 13.8 Å². The quantitative estimate of drug-likeness (QED) is 0.256. The fourth-order valence-corrected chi connectivity index (χ4v) is 5.71. The smallest absolute Gasteiger partial charge is 0.135 e. The van der Waals surface area contributed by atoms with Gasteiger partial charge in [-0.3, -0.25) is 0 Å². The highest BCUT2D eigenvalue weighted by Crippen LogP contribution is 2.42. The van der Waals surface area contributed by atoms with Crippen LogP contribution in [0.4, 0.5) is 0 Å². The second-order valence-corrected chi connectivity index (χ2v) is 9.41. The molecule has 35 heavy (non-hydrogen) atoms. The van der Waals surface area contributed by atoms with E-state index in [4.69, 9.17) is 4.42 Å². The van der Waals surface area contributed by atoms with Crippen LogP contribution in [0.5, 0.6) is 0 Å². The Morgan fingerprint density at radius 3 is 1.26 bits per heavy atom. The minimum atomic E-state index is 0.911. The molecule has 1 nitrogen and oxygen atoms in total. The Morgan fingerprint density at radius 2 is 0.800 bits per heavy atom. The largest absolute Gasteiger partial charge is 0.456 e. The first kappa shape index (κ1) is 20.1. The normalized spacial score (nSPS) is 11.7. The first-order chi connectivity index (χ1) is 17.2. The molecule has 7 aromatic rings. The maximum atomic E-state index is 6.69. The van der Waals surface area contributed by atoms with E-state index in [1.165, 1.54) is 65.7 Å². The Morgan fingerprint density at radius 1 is 0.371 bits per heavy atom. The van der Waals surface area contributed by atoms with Gasteiger partial charge in [-0.15, -0.1) is 0 Å². The van der Waals surface area contributed by atoms with Gasteiger partial charge in [0.1, 0.15) is 11.2 Å². The topological polar surface area (TPSA) is 13.1 Å². The summed E-state index contributed by atoms with van der Waals surface area (Å²) in [7, 11) is 0. The van der Waals surface area contributed by atoms with Gasteiger partial charge in [-0.1, -0.05) is 97.1 Å². The second-order valence-electron chi connectivity index (χ2n) is 9.41. The molecule has 0 saturated carbocycles. The maximum Gasteiger partial charge on any atom is 0.135 e. The van der Waals surface area contributed by atoms with E-state index in [2.05, 4.69) is 123 Å². The van der Waals surface area contributed by atoms with Gasteiger partial charge in [0.2, 0.25) is 0 Å². The van der Waals surface area contributed by atoms with Crippen LogP contribution in [0.1, 0.15) is 11.1 Å². The molecule has 1 heterocycles. The van der Waals surface area contributed by atoms with Crippen molar-refractivity contribution >= 4 is 43.5 Å². The fourth-order valence-electron chi connectivity index (χ4n) is 5.71. The van der Waals surface area contributed by atoms with Crippen molar-refractivity contribution < 1.29 is 4.42 Å². The summed E-state index contributed by atoms with van der Waals surface area (Å²) in [6, 6.07) is 39.2. The van der Waals surface area contributed by atoms with Crippen molar-refractivity contribution in [1.29, 1.82) is 0 Å². The van der Waals surface area contributed by atoms with Crippen molar-refractivity contribution in [2.24, 2.45) is 0 Å². The van der Waals surface area contributed by atoms with Gasteiger partial charge >= 0.3 is 0 Å². The van der Waals surface area contributed by atoms with Crippen molar-refractivity contribution in [2.45, 2.75) is 13.8 Å². The number of benzene rings is 6. The summed E-state index contributed by atoms with van der Waals surface area (Å²) in [6.45, 7) is 4.36. The molecule has 6 aromatic carbocycles. The van der Waals surface area contributed by atoms with Crippen molar-refractivity contribution in [3.8, 4) is 22.3 Å². The molecule has 0 spiro atoms. The number of aryl methyl sites for hydroxylation is 2. The van der Waals surface area contributed by atoms with Gasteiger partial charge in [-0.05, 0) is 80.9 Å². The molecule has 166 valence electrons. The summed E-state index contributed by atoms with van der Waals surface area (Å²) >= 11 is 0. The third-order valence-electron chi connectivity index (χ3n) is 7.39. The van der Waals surface area contributed by atoms with Gasteiger partial charge in [0.25, 0.3) is 0 Å². The molecule has 0 aliphatic heterocycles. The summed E-state index contributed by atoms with van der Waals surface area (Å²) in [5.41, 5.74) is 9.38. The van der Waals surface area contributed by atoms with E-state index in [1.54, 1.807) is 0 Å². The molecule has 0 saturated heterocycles. The van der Waals surface area contributed by atoms with E-state index < -0.39 is 0 Å². The molecule has 7 rings (SSSR count). The zero-order valence-corrected chi connectivity index (χ0v) is 19.8. The predicted molar refractivity (Wildman–Crippen MR) is 149 cm³/mol. The summed E-state index contributed by atoms with van der Waals surface area (Å²) in [4.78, 5) is 0. The molecular formula is C34H24O. The van der Waals surface area contributed by atoms with Crippen molar-refractivity contribution in [2.75, 3.05) is 0 Å². The summed E-state index contributed by atoms with van der Waals surface area (Å²) in [6.07, 6.45) is 0. The summed E-state index contributed by atoms with van der Waals surface area (Å²) in [5.74, 6) is 0. The molecular weight excluding hydrogens is 424 g/mol. The zero-order chi connectivity index (χ0) is 23.5. The van der Waals surface area contributed by atoms with E-state index in [1.807, 2.05) is 0 Å². The van der Waals surface area contributed by atoms with E-state index in [0.717, 1.165) is 11.2 Å². The van der Waals surface area contributed by atoms with E-state index in [-0.39, 0.29) is 0 Å². The average Bonchev–Trinajstić information content (AvgIpc) is 3.03. The molecule has 0 aliphatic rings. The van der Waals surface area contributed by atoms with Gasteiger partial charge in [0.05, 0.1) is 0 Å². The Hall–Kier alpha value is -4.36. The predicted octanol–water partition coefficient (Wildman–Crippen LogP) is 9.84. The zero-order valence-electron chi connectivity index (χ0n) is 19.8. The second kappa shape index (κ2) is 7.58. The molecule has 0 fully saturated rings. The molecule has 0 aliphatic carbocycles. The van der Waals surface area contributed by atoms with Gasteiger partial charge in [0.15, 0.2) is 0 Å². The van der Waals surface area contributed by atoms with Crippen molar-refractivity contribution in [3.05, 3.63) is 120 Å². The number of hydrogen-bond acceptors (Lipinski definition) is 1. The molecule has 0 bridgehead atoms. The Balaban J connectivity index is 1.66. The fraction of sp³-hybridized carbons (Fsp3) is 0.0588. The van der Waals surface area contributed by atoms with Gasteiger partial charge < -0.3 is 4.42 Å². The lowest BCUT2D eigenvalue weighted by Gasteiger charge is -2.11. The van der Waals surface area contributed by atoms with Gasteiger partial charge in [-0.2, -0.15) is 0 Å². The maximum absolute atomic E-state index is 6.69. The molecule has 1 aromatic heterocycles. The number of fused-ring (bicyclic) bond motifs is 1. The monoisotopic (exact) mass is 448 g/mol. The Kier molecular flexibility index (Phi) is 4.34. The molecule has 0 N–H and O–H groups in total. The number of hydrogen-bond donors (Lipinski definition) is 0. The average molecular weight is 449 g/mol. The van der Waals surface area contributed by atoms with Crippen LogP contribution in [0.2, 0.25) is 0 Å². The van der Waals surface area contributed by atoms with Crippen molar-refractivity contribution in [3.63, 3.8) is 0 Å². The molecule has 0 radical (unpaired) electrons. The molecule has 1 heteroatoms. The van der Waals surface area contributed by atoms with Gasteiger partial charge in [-0.25, -0.2) is 0 Å². The highest BCUT2D eigenvalue weighted by atomic mass is 16.3. The first-order valence-corrected chi connectivity index (χ1v) is 12.1. The van der Waals surface area contributed by atoms with Gasteiger partial charge in [0, 0.05) is 10.8 Å². The van der Waals surface area contributed by atoms with E-state index in [9.17, 15) is 0 Å². The lowest BCUT2D eigenvalue weighted by molar-refractivity contribution is 0.664. The molecule has 0 atom stereocenters. The third-order valence-corrected chi connectivity index (χ3v) is 7.39. The lowest BCUT2D eigenvalue weighted by Crippen LogP contribution is -1.86. The van der Waals surface area contributed by atoms with Crippen LogP contribution in [0.3, 0.4) is 0 Å². The van der Waals surface area contributed by atoms with Crippen LogP contribution < -0.4 is 0 Å². The summed E-state index contributed by atoms with van der Waals surface area (Å²) in [5, 5.41) is 7.23. The van der Waals surface area contributed by atoms with Crippen LogP contribution in [0.15, 0.2) is 114 Å². The van der Waals surface area contributed by atoms with Crippen LogP contribution in [-0.2, 0) is 0 Å². The Labute approximate surface area is 204 Å². The minimum Gasteiger partial charge on any atom is -0.456 e. The van der Waals surface area contributed by atoms with E-state index in [0.29, 0.717) is 0 Å². The van der Waals surface area contributed by atoms with Crippen molar-refractivity contribution in [1.82, 2.24) is 0 Å². The van der Waals surface area contributed by atoms with Crippen LogP contribution in [-0.4, -0.2) is 0 Å². The SMILES string of the molecule is Cc1ccccc1-c1ccc2oc3ccc(-c4ccccc4C)c4cccc(c5cccc1c25)c34. The lowest BCUT2D eigenvalue weighted by atomic mass is 9.91. The molecule has 0 amide bonds. The van der Waals surface area contributed by atoms with Crippen LogP contribution >= 0.6 is 0 Å². The van der Waals surface area contributed by atoms with E-state index >= 15 is 0 Å². The molecule has 0 unspecified atom stereocenters. The van der Waals surface area contributed by atoms with Crippen LogP contribution in [0.25, 0.3) is 65.7 Å². The minimum absolute atomic E-state index is 0.911. The highest BCUT2D eigenvalue weighted by Gasteiger charge is 2.16.